The van der Waals surface area contributed by atoms with Crippen LogP contribution in [-0.4, -0.2) is 62.7 Å². The minimum atomic E-state index is 0.110. The molecule has 2 aliphatic rings. The van der Waals surface area contributed by atoms with Crippen LogP contribution < -0.4 is 0 Å². The first-order chi connectivity index (χ1) is 11.8. The number of benzene rings is 1. The van der Waals surface area contributed by atoms with Crippen LogP contribution in [0.4, 0.5) is 0 Å². The monoisotopic (exact) mass is 325 g/mol. The minimum Gasteiger partial charge on any atom is -0.337 e. The van der Waals surface area contributed by atoms with Crippen molar-refractivity contribution in [2.45, 2.75) is 31.7 Å². The van der Waals surface area contributed by atoms with Crippen molar-refractivity contribution in [1.29, 1.82) is 0 Å². The van der Waals surface area contributed by atoms with E-state index in [1.54, 1.807) is 17.2 Å². The molecule has 6 nitrogen and oxygen atoms in total. The van der Waals surface area contributed by atoms with Gasteiger partial charge in [-0.25, -0.2) is 0 Å². The third kappa shape index (κ3) is 2.94. The largest absolute Gasteiger partial charge is 0.337 e. The van der Waals surface area contributed by atoms with Gasteiger partial charge in [-0.15, -0.1) is 10.2 Å². The van der Waals surface area contributed by atoms with Crippen LogP contribution in [0.2, 0.25) is 0 Å². The number of likely N-dealkylation sites (tertiary alicyclic amines) is 2. The van der Waals surface area contributed by atoms with Gasteiger partial charge in [0, 0.05) is 19.1 Å². The van der Waals surface area contributed by atoms with Crippen molar-refractivity contribution < 1.29 is 4.79 Å². The SMILES string of the molecule is O=C(c1ccccc1-n1cnnc1)N1CC[C@@H](N2CCCCC2)C1. The van der Waals surface area contributed by atoms with Crippen molar-refractivity contribution in [3.05, 3.63) is 42.5 Å². The van der Waals surface area contributed by atoms with E-state index in [4.69, 9.17) is 0 Å². The Morgan fingerprint density at radius 2 is 1.75 bits per heavy atom. The van der Waals surface area contributed by atoms with E-state index in [1.165, 1.54) is 32.4 Å². The summed E-state index contributed by atoms with van der Waals surface area (Å²) in [5.74, 6) is 0.110. The van der Waals surface area contributed by atoms with Crippen LogP contribution in [-0.2, 0) is 0 Å². The van der Waals surface area contributed by atoms with Crippen LogP contribution in [0.25, 0.3) is 5.69 Å². The molecule has 0 bridgehead atoms. The van der Waals surface area contributed by atoms with E-state index in [9.17, 15) is 4.79 Å². The first kappa shape index (κ1) is 15.3. The standard InChI is InChI=1S/C18H23N5O/c24-18(16-6-2-3-7-17(16)23-13-19-20-14-23)22-11-8-15(12-22)21-9-4-1-5-10-21/h2-3,6-7,13-15H,1,4-5,8-12H2/t15-/m1/s1. The molecule has 1 atom stereocenters. The second-order valence-electron chi connectivity index (χ2n) is 6.68. The number of carbonyl (C=O) groups excluding carboxylic acids is 1. The molecular formula is C18H23N5O. The predicted molar refractivity (Wildman–Crippen MR) is 91.1 cm³/mol. The van der Waals surface area contributed by atoms with Gasteiger partial charge in [0.2, 0.25) is 0 Å². The normalized spacial score (nSPS) is 22.0. The molecule has 0 unspecified atom stereocenters. The number of hydrogen-bond donors (Lipinski definition) is 0. The average Bonchev–Trinajstić information content (AvgIpc) is 3.34. The zero-order chi connectivity index (χ0) is 16.4. The molecule has 2 aliphatic heterocycles. The minimum absolute atomic E-state index is 0.110. The Morgan fingerprint density at radius 1 is 1.00 bits per heavy atom. The Bertz CT molecular complexity index is 693. The van der Waals surface area contributed by atoms with Gasteiger partial charge in [-0.05, 0) is 44.5 Å². The highest BCUT2D eigenvalue weighted by Gasteiger charge is 2.32. The topological polar surface area (TPSA) is 54.3 Å². The molecule has 0 aliphatic carbocycles. The van der Waals surface area contributed by atoms with Gasteiger partial charge in [0.25, 0.3) is 5.91 Å². The summed E-state index contributed by atoms with van der Waals surface area (Å²) in [4.78, 5) is 17.6. The molecule has 1 amide bonds. The summed E-state index contributed by atoms with van der Waals surface area (Å²) < 4.78 is 1.80. The first-order valence-electron chi connectivity index (χ1n) is 8.80. The van der Waals surface area contributed by atoms with Crippen LogP contribution in [0.1, 0.15) is 36.0 Å². The highest BCUT2D eigenvalue weighted by molar-refractivity contribution is 5.98. The highest BCUT2D eigenvalue weighted by Crippen LogP contribution is 2.23. The van der Waals surface area contributed by atoms with E-state index in [-0.39, 0.29) is 5.91 Å². The van der Waals surface area contributed by atoms with Crippen LogP contribution in [0.3, 0.4) is 0 Å². The molecule has 2 saturated heterocycles. The second-order valence-corrected chi connectivity index (χ2v) is 6.68. The number of rotatable bonds is 3. The summed E-state index contributed by atoms with van der Waals surface area (Å²) in [5, 5.41) is 7.70. The Labute approximate surface area is 142 Å². The number of hydrogen-bond acceptors (Lipinski definition) is 4. The molecule has 0 N–H and O–H groups in total. The summed E-state index contributed by atoms with van der Waals surface area (Å²) >= 11 is 0. The average molecular weight is 325 g/mol. The lowest BCUT2D eigenvalue weighted by molar-refractivity contribution is 0.0771. The van der Waals surface area contributed by atoms with Gasteiger partial charge in [-0.3, -0.25) is 14.3 Å². The molecule has 1 aromatic heterocycles. The summed E-state index contributed by atoms with van der Waals surface area (Å²) in [6, 6.07) is 8.21. The molecule has 2 aromatic rings. The maximum absolute atomic E-state index is 13.0. The molecule has 0 radical (unpaired) electrons. The lowest BCUT2D eigenvalue weighted by Gasteiger charge is -2.32. The molecular weight excluding hydrogens is 302 g/mol. The number of piperidine rings is 1. The lowest BCUT2D eigenvalue weighted by atomic mass is 10.1. The maximum atomic E-state index is 13.0. The van der Waals surface area contributed by atoms with Crippen molar-refractivity contribution >= 4 is 5.91 Å². The Hall–Kier alpha value is -2.21. The molecule has 2 fully saturated rings. The fraction of sp³-hybridized carbons (Fsp3) is 0.500. The van der Waals surface area contributed by atoms with E-state index in [0.717, 1.165) is 30.8 Å². The van der Waals surface area contributed by atoms with Crippen molar-refractivity contribution in [2.24, 2.45) is 0 Å². The smallest absolute Gasteiger partial charge is 0.256 e. The van der Waals surface area contributed by atoms with Gasteiger partial charge in [0.05, 0.1) is 11.3 Å². The van der Waals surface area contributed by atoms with Gasteiger partial charge in [0.1, 0.15) is 12.7 Å². The summed E-state index contributed by atoms with van der Waals surface area (Å²) in [6.07, 6.45) is 8.28. The van der Waals surface area contributed by atoms with Crippen LogP contribution in [0.15, 0.2) is 36.9 Å². The fourth-order valence-electron chi connectivity index (χ4n) is 3.88. The zero-order valence-corrected chi connectivity index (χ0v) is 13.8. The third-order valence-electron chi connectivity index (χ3n) is 5.19. The maximum Gasteiger partial charge on any atom is 0.256 e. The summed E-state index contributed by atoms with van der Waals surface area (Å²) in [6.45, 7) is 4.06. The number of aromatic nitrogens is 3. The number of nitrogens with zero attached hydrogens (tertiary/aromatic N) is 5. The third-order valence-corrected chi connectivity index (χ3v) is 5.19. The van der Waals surface area contributed by atoms with E-state index in [2.05, 4.69) is 15.1 Å². The molecule has 0 saturated carbocycles. The summed E-state index contributed by atoms with van der Waals surface area (Å²) in [5.41, 5.74) is 1.56. The first-order valence-corrected chi connectivity index (χ1v) is 8.80. The fourth-order valence-corrected chi connectivity index (χ4v) is 3.88. The lowest BCUT2D eigenvalue weighted by Crippen LogP contribution is -2.41. The van der Waals surface area contributed by atoms with Crippen molar-refractivity contribution in [3.63, 3.8) is 0 Å². The molecule has 126 valence electrons. The van der Waals surface area contributed by atoms with E-state index >= 15 is 0 Å². The van der Waals surface area contributed by atoms with Crippen molar-refractivity contribution in [1.82, 2.24) is 24.6 Å². The van der Waals surface area contributed by atoms with E-state index in [1.807, 2.05) is 29.2 Å². The molecule has 24 heavy (non-hydrogen) atoms. The quantitative estimate of drug-likeness (QED) is 0.866. The van der Waals surface area contributed by atoms with Gasteiger partial charge in [-0.1, -0.05) is 18.6 Å². The molecule has 4 rings (SSSR count). The van der Waals surface area contributed by atoms with Crippen molar-refractivity contribution in [2.75, 3.05) is 26.2 Å². The molecule has 0 spiro atoms. The van der Waals surface area contributed by atoms with Gasteiger partial charge in [0.15, 0.2) is 0 Å². The number of amides is 1. The molecule has 1 aromatic carbocycles. The van der Waals surface area contributed by atoms with Gasteiger partial charge >= 0.3 is 0 Å². The molecule has 3 heterocycles. The highest BCUT2D eigenvalue weighted by atomic mass is 16.2. The van der Waals surface area contributed by atoms with Gasteiger partial charge < -0.3 is 4.90 Å². The number of carbonyl (C=O) groups is 1. The summed E-state index contributed by atoms with van der Waals surface area (Å²) in [7, 11) is 0. The number of para-hydroxylation sites is 1. The van der Waals surface area contributed by atoms with Crippen LogP contribution >= 0.6 is 0 Å². The van der Waals surface area contributed by atoms with E-state index < -0.39 is 0 Å². The zero-order valence-electron chi connectivity index (χ0n) is 13.8. The Balaban J connectivity index is 1.51. The van der Waals surface area contributed by atoms with Crippen LogP contribution in [0, 0.1) is 0 Å². The van der Waals surface area contributed by atoms with E-state index in [0.29, 0.717) is 6.04 Å². The van der Waals surface area contributed by atoms with Crippen LogP contribution in [0.5, 0.6) is 0 Å². The predicted octanol–water partition coefficient (Wildman–Crippen LogP) is 1.97. The second kappa shape index (κ2) is 6.73. The molecule has 6 heteroatoms. The van der Waals surface area contributed by atoms with Gasteiger partial charge in [-0.2, -0.15) is 0 Å². The van der Waals surface area contributed by atoms with Crippen molar-refractivity contribution in [3.8, 4) is 5.69 Å². The Morgan fingerprint density at radius 3 is 2.54 bits per heavy atom. The Kier molecular flexibility index (Phi) is 4.30.